The molecule has 2 aromatic rings. The number of hydrogen-bond donors (Lipinski definition) is 2. The molecule has 0 atom stereocenters. The summed E-state index contributed by atoms with van der Waals surface area (Å²) in [4.78, 5) is 16.2. The molecule has 6 nitrogen and oxygen atoms in total. The molecule has 6 heteroatoms. The van der Waals surface area contributed by atoms with Crippen LogP contribution >= 0.6 is 0 Å². The van der Waals surface area contributed by atoms with Gasteiger partial charge >= 0.3 is 0 Å². The van der Waals surface area contributed by atoms with Crippen molar-refractivity contribution in [1.29, 1.82) is 0 Å². The molecular weight excluding hydrogens is 182 g/mol. The molecule has 14 heavy (non-hydrogen) atoms. The molecule has 2 aromatic heterocycles. The highest BCUT2D eigenvalue weighted by Crippen LogP contribution is 2.16. The monoisotopic (exact) mass is 191 g/mol. The molecule has 0 saturated carbocycles. The van der Waals surface area contributed by atoms with E-state index in [4.69, 9.17) is 5.73 Å². The molecule has 0 saturated heterocycles. The van der Waals surface area contributed by atoms with E-state index in [1.54, 1.807) is 0 Å². The Morgan fingerprint density at radius 3 is 3.14 bits per heavy atom. The van der Waals surface area contributed by atoms with Gasteiger partial charge in [-0.25, -0.2) is 14.5 Å². The molecule has 0 unspecified atom stereocenters. The summed E-state index contributed by atoms with van der Waals surface area (Å²) in [6.07, 6.45) is 2.67. The molecule has 72 valence electrons. The van der Waals surface area contributed by atoms with E-state index >= 15 is 0 Å². The Bertz CT molecular complexity index is 567. The summed E-state index contributed by atoms with van der Waals surface area (Å²) in [7, 11) is 0. The van der Waals surface area contributed by atoms with Gasteiger partial charge in [-0.1, -0.05) is 0 Å². The highest BCUT2D eigenvalue weighted by molar-refractivity contribution is 5.40. The zero-order chi connectivity index (χ0) is 9.71. The third kappa shape index (κ3) is 0.773. The zero-order valence-corrected chi connectivity index (χ0v) is 7.45. The highest BCUT2D eigenvalue weighted by atomic mass is 16.1. The second-order valence-electron chi connectivity index (χ2n) is 3.44. The van der Waals surface area contributed by atoms with Gasteiger partial charge in [-0.15, -0.1) is 5.10 Å². The van der Waals surface area contributed by atoms with Gasteiger partial charge in [-0.2, -0.15) is 0 Å². The van der Waals surface area contributed by atoms with Crippen LogP contribution in [-0.4, -0.2) is 19.6 Å². The van der Waals surface area contributed by atoms with E-state index in [1.807, 2.05) is 0 Å². The fourth-order valence-electron chi connectivity index (χ4n) is 1.94. The Morgan fingerprint density at radius 2 is 2.29 bits per heavy atom. The molecule has 0 fully saturated rings. The van der Waals surface area contributed by atoms with E-state index in [-0.39, 0.29) is 11.5 Å². The lowest BCUT2D eigenvalue weighted by Gasteiger charge is -1.98. The van der Waals surface area contributed by atoms with Gasteiger partial charge in [-0.05, 0) is 19.3 Å². The summed E-state index contributed by atoms with van der Waals surface area (Å²) in [6.45, 7) is 0. The van der Waals surface area contributed by atoms with E-state index in [0.717, 1.165) is 30.5 Å². The maximum atomic E-state index is 11.9. The molecule has 0 radical (unpaired) electrons. The molecule has 3 N–H and O–H groups in total. The maximum absolute atomic E-state index is 11.9. The first kappa shape index (κ1) is 7.54. The van der Waals surface area contributed by atoms with Gasteiger partial charge < -0.3 is 5.73 Å². The fourth-order valence-corrected chi connectivity index (χ4v) is 1.94. The van der Waals surface area contributed by atoms with Crippen LogP contribution in [0.3, 0.4) is 0 Å². The van der Waals surface area contributed by atoms with Gasteiger partial charge in [0.05, 0.1) is 5.69 Å². The minimum atomic E-state index is -0.0752. The van der Waals surface area contributed by atoms with Crippen LogP contribution in [0.15, 0.2) is 4.79 Å². The van der Waals surface area contributed by atoms with Gasteiger partial charge in [0.15, 0.2) is 0 Å². The molecule has 0 amide bonds. The summed E-state index contributed by atoms with van der Waals surface area (Å²) < 4.78 is 1.32. The largest absolute Gasteiger partial charge is 0.368 e. The minimum absolute atomic E-state index is 0.0752. The van der Waals surface area contributed by atoms with Crippen molar-refractivity contribution in [2.24, 2.45) is 0 Å². The Labute approximate surface area is 78.8 Å². The number of fused-ring (bicyclic) bond motifs is 2. The Hall–Kier alpha value is -1.85. The van der Waals surface area contributed by atoms with Crippen molar-refractivity contribution in [3.8, 4) is 0 Å². The predicted octanol–water partition coefficient (Wildman–Crippen LogP) is -0.512. The highest BCUT2D eigenvalue weighted by Gasteiger charge is 2.19. The summed E-state index contributed by atoms with van der Waals surface area (Å²) in [6, 6.07) is 0. The summed E-state index contributed by atoms with van der Waals surface area (Å²) in [5.41, 5.74) is 7.15. The number of anilines is 1. The lowest BCUT2D eigenvalue weighted by Crippen LogP contribution is -2.20. The van der Waals surface area contributed by atoms with Crippen molar-refractivity contribution >= 4 is 11.7 Å². The van der Waals surface area contributed by atoms with Crippen molar-refractivity contribution in [1.82, 2.24) is 19.6 Å². The van der Waals surface area contributed by atoms with Gasteiger partial charge in [0.2, 0.25) is 11.7 Å². The van der Waals surface area contributed by atoms with Gasteiger partial charge in [-0.3, -0.25) is 4.79 Å². The first-order valence-corrected chi connectivity index (χ1v) is 4.52. The van der Waals surface area contributed by atoms with Crippen LogP contribution in [0.5, 0.6) is 0 Å². The first-order chi connectivity index (χ1) is 6.77. The van der Waals surface area contributed by atoms with Crippen LogP contribution < -0.4 is 11.3 Å². The van der Waals surface area contributed by atoms with Crippen LogP contribution in [0.2, 0.25) is 0 Å². The number of hydrogen-bond acceptors (Lipinski definition) is 4. The molecule has 3 rings (SSSR count). The van der Waals surface area contributed by atoms with Crippen molar-refractivity contribution in [2.45, 2.75) is 19.3 Å². The predicted molar refractivity (Wildman–Crippen MR) is 50.0 cm³/mol. The third-order valence-electron chi connectivity index (χ3n) is 2.60. The molecule has 0 aromatic carbocycles. The Balaban J connectivity index is 2.53. The van der Waals surface area contributed by atoms with E-state index in [0.29, 0.717) is 5.78 Å². The van der Waals surface area contributed by atoms with Crippen molar-refractivity contribution in [3.05, 3.63) is 21.6 Å². The summed E-state index contributed by atoms with van der Waals surface area (Å²) in [5.74, 6) is 0.611. The molecule has 0 spiro atoms. The van der Waals surface area contributed by atoms with Gasteiger partial charge in [0, 0.05) is 5.56 Å². The van der Waals surface area contributed by atoms with E-state index in [9.17, 15) is 4.79 Å². The number of aromatic amines is 1. The summed E-state index contributed by atoms with van der Waals surface area (Å²) in [5, 5.41) is 6.39. The number of nitrogens with zero attached hydrogens (tertiary/aromatic N) is 3. The van der Waals surface area contributed by atoms with Crippen molar-refractivity contribution in [3.63, 3.8) is 0 Å². The van der Waals surface area contributed by atoms with Crippen LogP contribution in [-0.2, 0) is 12.8 Å². The normalized spacial score (nSPS) is 14.9. The Morgan fingerprint density at radius 1 is 1.43 bits per heavy atom. The average molecular weight is 191 g/mol. The number of nitrogens with one attached hydrogen (secondary N) is 1. The van der Waals surface area contributed by atoms with Gasteiger partial charge in [0.1, 0.15) is 0 Å². The third-order valence-corrected chi connectivity index (χ3v) is 2.60. The second-order valence-corrected chi connectivity index (χ2v) is 3.44. The molecule has 2 heterocycles. The van der Waals surface area contributed by atoms with Crippen molar-refractivity contribution < 1.29 is 0 Å². The number of nitrogen functional groups attached to an aromatic ring is 1. The second kappa shape index (κ2) is 2.34. The smallest absolute Gasteiger partial charge is 0.265 e. The van der Waals surface area contributed by atoms with Crippen LogP contribution in [0.4, 0.5) is 5.95 Å². The Kier molecular flexibility index (Phi) is 1.26. The summed E-state index contributed by atoms with van der Waals surface area (Å²) >= 11 is 0. The number of nitrogens with two attached hydrogens (primary N) is 1. The van der Waals surface area contributed by atoms with Gasteiger partial charge in [0.25, 0.3) is 5.56 Å². The maximum Gasteiger partial charge on any atom is 0.265 e. The van der Waals surface area contributed by atoms with Crippen LogP contribution in [0.25, 0.3) is 5.78 Å². The number of H-pyrrole nitrogens is 1. The first-order valence-electron chi connectivity index (χ1n) is 4.52. The van der Waals surface area contributed by atoms with E-state index < -0.39 is 0 Å². The topological polar surface area (TPSA) is 89.1 Å². The lowest BCUT2D eigenvalue weighted by molar-refractivity contribution is 0.898. The molecule has 0 bridgehead atoms. The van der Waals surface area contributed by atoms with Crippen molar-refractivity contribution in [2.75, 3.05) is 5.73 Å². The number of aryl methyl sites for hydroxylation is 1. The van der Waals surface area contributed by atoms with Crippen LogP contribution in [0, 0.1) is 0 Å². The molecular formula is C8H9N5O. The lowest BCUT2D eigenvalue weighted by atomic mass is 10.3. The minimum Gasteiger partial charge on any atom is -0.368 e. The zero-order valence-electron chi connectivity index (χ0n) is 7.45. The number of rotatable bonds is 0. The molecule has 1 aliphatic rings. The fraction of sp³-hybridized carbons (Fsp3) is 0.375. The quantitative estimate of drug-likeness (QED) is 0.586. The van der Waals surface area contributed by atoms with E-state index in [2.05, 4.69) is 15.2 Å². The standard InChI is InChI=1S/C8H9N5O/c9-7-11-12-8-10-5-3-1-2-4(5)6(14)13(7)8/h1-3H2,(H2,9,11)(H,10,12). The molecule has 0 aliphatic heterocycles. The number of aromatic nitrogens is 4. The molecule has 1 aliphatic carbocycles. The van der Waals surface area contributed by atoms with Crippen LogP contribution in [0.1, 0.15) is 17.7 Å². The average Bonchev–Trinajstić information content (AvgIpc) is 2.74. The van der Waals surface area contributed by atoms with E-state index in [1.165, 1.54) is 4.40 Å². The SMILES string of the molecule is Nc1n[nH]c2nc3c(c(=O)n12)CCC3.